The second-order valence-electron chi connectivity index (χ2n) is 6.25. The van der Waals surface area contributed by atoms with Crippen LogP contribution in [-0.2, 0) is 4.79 Å². The lowest BCUT2D eigenvalue weighted by Gasteiger charge is -2.32. The number of amides is 1. The molecule has 0 saturated carbocycles. The van der Waals surface area contributed by atoms with Crippen LogP contribution < -0.4 is 4.90 Å². The van der Waals surface area contributed by atoms with Crippen LogP contribution in [0.25, 0.3) is 0 Å². The van der Waals surface area contributed by atoms with Crippen LogP contribution in [-0.4, -0.2) is 23.6 Å². The third-order valence-electron chi connectivity index (χ3n) is 3.83. The van der Waals surface area contributed by atoms with Gasteiger partial charge in [0.15, 0.2) is 11.6 Å². The molecule has 1 aromatic carbocycles. The number of hydrogen-bond donors (Lipinski definition) is 0. The highest BCUT2D eigenvalue weighted by molar-refractivity contribution is 9.09. The van der Waals surface area contributed by atoms with Crippen LogP contribution >= 0.6 is 15.9 Å². The molecule has 0 bridgehead atoms. The highest BCUT2D eigenvalue weighted by atomic mass is 79.9. The van der Waals surface area contributed by atoms with E-state index < -0.39 is 23.3 Å². The first-order valence-electron chi connectivity index (χ1n) is 6.58. The smallest absolute Gasteiger partial charge is 0.299 e. The van der Waals surface area contributed by atoms with Gasteiger partial charge in [0, 0.05) is 17.9 Å². The van der Waals surface area contributed by atoms with Gasteiger partial charge in [-0.25, -0.2) is 8.78 Å². The maximum absolute atomic E-state index is 13.4. The van der Waals surface area contributed by atoms with Gasteiger partial charge >= 0.3 is 0 Å². The van der Waals surface area contributed by atoms with Crippen molar-refractivity contribution in [2.45, 2.75) is 20.8 Å². The number of anilines is 1. The molecule has 1 aliphatic rings. The minimum atomic E-state index is -1.12. The molecule has 1 unspecified atom stereocenters. The number of Topliss-reactive ketones (excluding diaryl/α,β-unsaturated/α-hetero) is 1. The molecule has 0 aliphatic carbocycles. The number of hydrogen-bond acceptors (Lipinski definition) is 2. The van der Waals surface area contributed by atoms with Crippen LogP contribution in [0.15, 0.2) is 12.1 Å². The van der Waals surface area contributed by atoms with E-state index in [0.717, 1.165) is 12.1 Å². The molecule has 0 radical (unpaired) electrons. The van der Waals surface area contributed by atoms with Gasteiger partial charge in [0.1, 0.15) is 0 Å². The van der Waals surface area contributed by atoms with E-state index >= 15 is 0 Å². The second-order valence-corrected chi connectivity index (χ2v) is 6.89. The maximum atomic E-state index is 13.4. The van der Waals surface area contributed by atoms with E-state index in [1.54, 1.807) is 0 Å². The number of benzene rings is 1. The van der Waals surface area contributed by atoms with Crippen LogP contribution in [0, 0.1) is 23.0 Å². The Morgan fingerprint density at radius 1 is 1.19 bits per heavy atom. The summed E-state index contributed by atoms with van der Waals surface area (Å²) in [5.41, 5.74) is -0.0195. The first-order valence-corrected chi connectivity index (χ1v) is 7.70. The number of fused-ring (bicyclic) bond motifs is 1. The van der Waals surface area contributed by atoms with Crippen molar-refractivity contribution in [3.05, 3.63) is 29.3 Å². The molecule has 3 nitrogen and oxygen atoms in total. The van der Waals surface area contributed by atoms with E-state index in [9.17, 15) is 18.4 Å². The van der Waals surface area contributed by atoms with Crippen molar-refractivity contribution in [3.8, 4) is 0 Å². The van der Waals surface area contributed by atoms with Crippen molar-refractivity contribution in [2.75, 3.05) is 16.8 Å². The summed E-state index contributed by atoms with van der Waals surface area (Å²) in [6, 6.07) is 1.71. The lowest BCUT2D eigenvalue weighted by atomic mass is 9.82. The summed E-state index contributed by atoms with van der Waals surface area (Å²) >= 11 is 3.40. The van der Waals surface area contributed by atoms with Crippen molar-refractivity contribution in [1.29, 1.82) is 0 Å². The Labute approximate surface area is 130 Å². The maximum Gasteiger partial charge on any atom is 0.299 e. The summed E-state index contributed by atoms with van der Waals surface area (Å²) in [5, 5.41) is 0.632. The monoisotopic (exact) mass is 359 g/mol. The Kier molecular flexibility index (Phi) is 4.19. The zero-order valence-electron chi connectivity index (χ0n) is 12.0. The van der Waals surface area contributed by atoms with Gasteiger partial charge in [-0.05, 0) is 17.4 Å². The van der Waals surface area contributed by atoms with Crippen molar-refractivity contribution in [2.24, 2.45) is 11.3 Å². The van der Waals surface area contributed by atoms with Crippen LogP contribution in [0.3, 0.4) is 0 Å². The molecule has 114 valence electrons. The predicted molar refractivity (Wildman–Crippen MR) is 79.8 cm³/mol. The average Bonchev–Trinajstić information content (AvgIpc) is 2.60. The highest BCUT2D eigenvalue weighted by Gasteiger charge is 2.39. The molecular weight excluding hydrogens is 344 g/mol. The first kappa shape index (κ1) is 16.1. The normalized spacial score (nSPS) is 16.4. The molecule has 1 atom stereocenters. The number of carbonyl (C=O) groups is 2. The summed E-state index contributed by atoms with van der Waals surface area (Å²) in [4.78, 5) is 25.2. The molecule has 0 saturated heterocycles. The van der Waals surface area contributed by atoms with Crippen molar-refractivity contribution in [1.82, 2.24) is 0 Å². The van der Waals surface area contributed by atoms with Crippen LogP contribution in [0.2, 0.25) is 0 Å². The molecule has 0 aromatic heterocycles. The van der Waals surface area contributed by atoms with E-state index in [1.807, 2.05) is 20.8 Å². The van der Waals surface area contributed by atoms with Gasteiger partial charge in [0.05, 0.1) is 11.3 Å². The second kappa shape index (κ2) is 5.48. The van der Waals surface area contributed by atoms with Gasteiger partial charge in [0.25, 0.3) is 11.7 Å². The van der Waals surface area contributed by atoms with E-state index in [1.165, 1.54) is 4.90 Å². The van der Waals surface area contributed by atoms with Crippen molar-refractivity contribution in [3.63, 3.8) is 0 Å². The Balaban J connectivity index is 2.41. The van der Waals surface area contributed by atoms with Gasteiger partial charge in [-0.1, -0.05) is 36.7 Å². The molecule has 21 heavy (non-hydrogen) atoms. The average molecular weight is 360 g/mol. The number of rotatable bonds is 3. The minimum Gasteiger partial charge on any atom is -0.304 e. The van der Waals surface area contributed by atoms with Gasteiger partial charge in [0.2, 0.25) is 0 Å². The summed E-state index contributed by atoms with van der Waals surface area (Å²) in [7, 11) is 0. The molecule has 1 amide bonds. The standard InChI is InChI=1S/C15H16BrF2NO2/c1-15(2,3)8(6-16)7-19-12-5-11(18)10(17)4-9(12)13(20)14(19)21/h4-5,8H,6-7H2,1-3H3. The van der Waals surface area contributed by atoms with Crippen molar-refractivity contribution < 1.29 is 18.4 Å². The summed E-state index contributed by atoms with van der Waals surface area (Å²) in [5.74, 6) is -3.64. The number of ketones is 1. The number of nitrogens with zero attached hydrogens (tertiary/aromatic N) is 1. The zero-order chi connectivity index (χ0) is 15.9. The Morgan fingerprint density at radius 3 is 2.29 bits per heavy atom. The zero-order valence-corrected chi connectivity index (χ0v) is 13.6. The third-order valence-corrected chi connectivity index (χ3v) is 4.61. The van der Waals surface area contributed by atoms with Gasteiger partial charge in [-0.15, -0.1) is 0 Å². The van der Waals surface area contributed by atoms with E-state index in [4.69, 9.17) is 0 Å². The lowest BCUT2D eigenvalue weighted by molar-refractivity contribution is -0.114. The van der Waals surface area contributed by atoms with Gasteiger partial charge in [-0.2, -0.15) is 0 Å². The fourth-order valence-corrected chi connectivity index (χ4v) is 3.42. The first-order chi connectivity index (χ1) is 9.66. The molecule has 2 rings (SSSR count). The molecule has 1 heterocycles. The quantitative estimate of drug-likeness (QED) is 0.611. The number of halogens is 3. The molecular formula is C15H16BrF2NO2. The fourth-order valence-electron chi connectivity index (χ4n) is 2.24. The van der Waals surface area contributed by atoms with Crippen LogP contribution in [0.1, 0.15) is 31.1 Å². The van der Waals surface area contributed by atoms with E-state index in [2.05, 4.69) is 15.9 Å². The summed E-state index contributed by atoms with van der Waals surface area (Å²) in [6.07, 6.45) is 0. The summed E-state index contributed by atoms with van der Waals surface area (Å²) in [6.45, 7) is 6.34. The van der Waals surface area contributed by atoms with Gasteiger partial charge in [-0.3, -0.25) is 9.59 Å². The van der Waals surface area contributed by atoms with E-state index in [0.29, 0.717) is 5.33 Å². The van der Waals surface area contributed by atoms with Crippen molar-refractivity contribution >= 4 is 33.3 Å². The largest absolute Gasteiger partial charge is 0.304 e. The van der Waals surface area contributed by atoms with Crippen LogP contribution in [0.5, 0.6) is 0 Å². The van der Waals surface area contributed by atoms with Gasteiger partial charge < -0.3 is 4.90 Å². The molecule has 0 fully saturated rings. The number of carbonyl (C=O) groups excluding carboxylic acids is 2. The summed E-state index contributed by atoms with van der Waals surface area (Å²) < 4.78 is 26.7. The topological polar surface area (TPSA) is 37.4 Å². The lowest BCUT2D eigenvalue weighted by Crippen LogP contribution is -2.39. The predicted octanol–water partition coefficient (Wildman–Crippen LogP) is 3.55. The Hall–Kier alpha value is -1.30. The SMILES string of the molecule is CC(C)(C)C(CBr)CN1C(=O)C(=O)c2cc(F)c(F)cc21. The Bertz CT molecular complexity index is 610. The molecule has 6 heteroatoms. The highest BCUT2D eigenvalue weighted by Crippen LogP contribution is 2.35. The molecule has 1 aliphatic heterocycles. The Morgan fingerprint density at radius 2 is 1.76 bits per heavy atom. The molecule has 1 aromatic rings. The van der Waals surface area contributed by atoms with E-state index in [-0.39, 0.29) is 29.1 Å². The third kappa shape index (κ3) is 2.86. The molecule has 0 N–H and O–H groups in total. The van der Waals surface area contributed by atoms with Crippen LogP contribution in [0.4, 0.5) is 14.5 Å². The molecule has 0 spiro atoms. The fraction of sp³-hybridized carbons (Fsp3) is 0.467. The minimum absolute atomic E-state index is 0.0633. The number of alkyl halides is 1.